The average Bonchev–Trinajstić information content (AvgIpc) is 2.76. The van der Waals surface area contributed by atoms with Crippen molar-refractivity contribution in [3.05, 3.63) is 84.9 Å². The van der Waals surface area contributed by atoms with E-state index in [1.54, 1.807) is 60.7 Å². The first kappa shape index (κ1) is 22.5. The Balaban J connectivity index is 1.77. The number of nitrogens with one attached hydrogen (secondary N) is 2. The summed E-state index contributed by atoms with van der Waals surface area (Å²) in [6.45, 7) is 0. The van der Waals surface area contributed by atoms with Gasteiger partial charge in [-0.3, -0.25) is 9.44 Å². The van der Waals surface area contributed by atoms with Gasteiger partial charge in [-0.25, -0.2) is 16.8 Å². The van der Waals surface area contributed by atoms with Crippen LogP contribution in [-0.2, 0) is 20.0 Å². The van der Waals surface area contributed by atoms with Crippen molar-refractivity contribution in [3.8, 4) is 0 Å². The molecule has 0 amide bonds. The molecule has 10 heteroatoms. The minimum Gasteiger partial charge on any atom is -0.280 e. The van der Waals surface area contributed by atoms with Crippen LogP contribution in [0.1, 0.15) is 0 Å². The van der Waals surface area contributed by atoms with Gasteiger partial charge in [0.05, 0.1) is 9.79 Å². The number of hydrogen-bond donors (Lipinski definition) is 4. The van der Waals surface area contributed by atoms with Crippen LogP contribution >= 0.6 is 25.3 Å². The smallest absolute Gasteiger partial charge is 0.262 e. The first-order valence-electron chi connectivity index (χ1n) is 9.31. The lowest BCUT2D eigenvalue weighted by Gasteiger charge is -2.14. The molecule has 0 aliphatic carbocycles. The second kappa shape index (κ2) is 8.70. The molecule has 4 aromatic carbocycles. The van der Waals surface area contributed by atoms with Crippen molar-refractivity contribution in [2.24, 2.45) is 0 Å². The second-order valence-corrected chi connectivity index (χ2v) is 11.2. The lowest BCUT2D eigenvalue weighted by molar-refractivity contribution is 0.599. The quantitative estimate of drug-likeness (QED) is 0.279. The number of hydrogen-bond acceptors (Lipinski definition) is 6. The molecule has 0 aliphatic heterocycles. The Morgan fingerprint density at radius 1 is 0.500 bits per heavy atom. The van der Waals surface area contributed by atoms with E-state index in [2.05, 4.69) is 34.7 Å². The monoisotopic (exact) mass is 502 g/mol. The van der Waals surface area contributed by atoms with Crippen molar-refractivity contribution in [2.75, 3.05) is 9.44 Å². The molecule has 0 saturated carbocycles. The molecule has 0 unspecified atom stereocenters. The van der Waals surface area contributed by atoms with Crippen molar-refractivity contribution >= 4 is 67.5 Å². The van der Waals surface area contributed by atoms with Gasteiger partial charge in [-0.1, -0.05) is 24.3 Å². The Morgan fingerprint density at radius 3 is 1.19 bits per heavy atom. The highest BCUT2D eigenvalue weighted by Crippen LogP contribution is 2.30. The maximum absolute atomic E-state index is 13.1. The molecule has 164 valence electrons. The van der Waals surface area contributed by atoms with Gasteiger partial charge in [0, 0.05) is 31.9 Å². The molecular formula is C22H18N2O4S4. The molecule has 0 saturated heterocycles. The van der Waals surface area contributed by atoms with Gasteiger partial charge in [-0.2, -0.15) is 0 Å². The average molecular weight is 503 g/mol. The van der Waals surface area contributed by atoms with Crippen LogP contribution in [0, 0.1) is 0 Å². The van der Waals surface area contributed by atoms with Crippen LogP contribution in [0.15, 0.2) is 105 Å². The molecule has 0 radical (unpaired) electrons. The van der Waals surface area contributed by atoms with E-state index in [4.69, 9.17) is 0 Å². The van der Waals surface area contributed by atoms with E-state index in [1.807, 2.05) is 0 Å². The second-order valence-electron chi connectivity index (χ2n) is 6.91. The Morgan fingerprint density at radius 2 is 0.844 bits per heavy atom. The summed E-state index contributed by atoms with van der Waals surface area (Å²) >= 11 is 8.39. The van der Waals surface area contributed by atoms with Gasteiger partial charge in [0.2, 0.25) is 0 Å². The predicted molar refractivity (Wildman–Crippen MR) is 133 cm³/mol. The molecular weight excluding hydrogens is 485 g/mol. The van der Waals surface area contributed by atoms with Gasteiger partial charge in [0.15, 0.2) is 0 Å². The predicted octanol–water partition coefficient (Wildman–Crippen LogP) is 5.02. The molecule has 0 spiro atoms. The molecule has 0 heterocycles. The van der Waals surface area contributed by atoms with Gasteiger partial charge in [-0.15, -0.1) is 25.3 Å². The van der Waals surface area contributed by atoms with Crippen LogP contribution in [0.3, 0.4) is 0 Å². The third-order valence-electron chi connectivity index (χ3n) is 4.66. The summed E-state index contributed by atoms with van der Waals surface area (Å²) in [7, 11) is -7.95. The van der Waals surface area contributed by atoms with E-state index in [9.17, 15) is 16.8 Å². The lowest BCUT2D eigenvalue weighted by Crippen LogP contribution is -2.15. The lowest BCUT2D eigenvalue weighted by atomic mass is 10.1. The number of thiol groups is 2. The number of fused-ring (bicyclic) bond motifs is 1. The normalized spacial score (nSPS) is 11.9. The highest BCUT2D eigenvalue weighted by molar-refractivity contribution is 7.93. The third kappa shape index (κ3) is 4.73. The summed E-state index contributed by atoms with van der Waals surface area (Å²) in [4.78, 5) is 1.34. The van der Waals surface area contributed by atoms with Crippen LogP contribution in [0.25, 0.3) is 10.8 Å². The largest absolute Gasteiger partial charge is 0.280 e. The number of sulfonamides is 2. The minimum atomic E-state index is -3.98. The van der Waals surface area contributed by atoms with E-state index in [0.717, 1.165) is 0 Å². The molecule has 32 heavy (non-hydrogen) atoms. The van der Waals surface area contributed by atoms with Crippen molar-refractivity contribution in [3.63, 3.8) is 0 Å². The molecule has 4 rings (SSSR count). The number of benzene rings is 4. The highest BCUT2D eigenvalue weighted by atomic mass is 32.2. The topological polar surface area (TPSA) is 92.3 Å². The zero-order valence-corrected chi connectivity index (χ0v) is 19.8. The fraction of sp³-hybridized carbons (Fsp3) is 0. The Bertz CT molecular complexity index is 1380. The van der Waals surface area contributed by atoms with Crippen molar-refractivity contribution in [1.82, 2.24) is 0 Å². The molecule has 4 aromatic rings. The Labute approximate surface area is 197 Å². The van der Waals surface area contributed by atoms with Gasteiger partial charge < -0.3 is 0 Å². The zero-order chi connectivity index (χ0) is 22.9. The highest BCUT2D eigenvalue weighted by Gasteiger charge is 2.22. The fourth-order valence-corrected chi connectivity index (χ4v) is 6.06. The molecule has 6 nitrogen and oxygen atoms in total. The Kier molecular flexibility index (Phi) is 6.13. The number of anilines is 2. The van der Waals surface area contributed by atoms with Crippen LogP contribution < -0.4 is 9.44 Å². The van der Waals surface area contributed by atoms with Crippen LogP contribution in [-0.4, -0.2) is 16.8 Å². The summed E-state index contributed by atoms with van der Waals surface area (Å²) in [5.41, 5.74) is 0.746. The standard InChI is InChI=1S/C22H18N2O4S4/c25-31(26,23-15-7-11-17(29)12-8-15)21-5-1-3-19-20(21)4-2-6-22(19)32(27,28)24-16-9-13-18(30)14-10-16/h1-14,23-24,29-30H. The molecule has 0 aromatic heterocycles. The van der Waals surface area contributed by atoms with E-state index >= 15 is 0 Å². The molecule has 0 aliphatic rings. The summed E-state index contributed by atoms with van der Waals surface area (Å²) in [5, 5.41) is 0.582. The van der Waals surface area contributed by atoms with E-state index in [-0.39, 0.29) is 9.79 Å². The van der Waals surface area contributed by atoms with E-state index in [1.165, 1.54) is 24.3 Å². The number of rotatable bonds is 6. The van der Waals surface area contributed by atoms with Gasteiger partial charge >= 0.3 is 0 Å². The third-order valence-corrected chi connectivity index (χ3v) is 8.14. The fourth-order valence-electron chi connectivity index (χ4n) is 3.20. The first-order chi connectivity index (χ1) is 15.2. The zero-order valence-electron chi connectivity index (χ0n) is 16.4. The molecule has 0 bridgehead atoms. The van der Waals surface area contributed by atoms with Gasteiger partial charge in [-0.05, 0) is 60.7 Å². The van der Waals surface area contributed by atoms with Gasteiger partial charge in [0.1, 0.15) is 0 Å². The first-order valence-corrected chi connectivity index (χ1v) is 13.2. The van der Waals surface area contributed by atoms with Crippen molar-refractivity contribution < 1.29 is 16.8 Å². The van der Waals surface area contributed by atoms with E-state index in [0.29, 0.717) is 31.9 Å². The summed E-state index contributed by atoms with van der Waals surface area (Å²) in [6.07, 6.45) is 0. The molecule has 0 fully saturated rings. The molecule has 2 N–H and O–H groups in total. The van der Waals surface area contributed by atoms with Crippen molar-refractivity contribution in [1.29, 1.82) is 0 Å². The van der Waals surface area contributed by atoms with Crippen LogP contribution in [0.2, 0.25) is 0 Å². The van der Waals surface area contributed by atoms with Crippen LogP contribution in [0.4, 0.5) is 11.4 Å². The van der Waals surface area contributed by atoms with E-state index < -0.39 is 20.0 Å². The molecule has 0 atom stereocenters. The maximum Gasteiger partial charge on any atom is 0.262 e. The minimum absolute atomic E-state index is 0.0265. The summed E-state index contributed by atoms with van der Waals surface area (Å²) in [6, 6.07) is 22.1. The summed E-state index contributed by atoms with van der Waals surface area (Å²) in [5.74, 6) is 0. The van der Waals surface area contributed by atoms with Crippen molar-refractivity contribution in [2.45, 2.75) is 19.6 Å². The Hall–Kier alpha value is -2.66. The summed E-state index contributed by atoms with van der Waals surface area (Å²) < 4.78 is 57.4. The van der Waals surface area contributed by atoms with Gasteiger partial charge in [0.25, 0.3) is 20.0 Å². The SMILES string of the molecule is O=S(=O)(Nc1ccc(S)cc1)c1cccc2c(S(=O)(=O)Nc3ccc(S)cc3)cccc12. The van der Waals surface area contributed by atoms with Crippen LogP contribution in [0.5, 0.6) is 0 Å². The maximum atomic E-state index is 13.1.